The second-order valence-corrected chi connectivity index (χ2v) is 5.71. The second-order valence-electron chi connectivity index (χ2n) is 5.71. The van der Waals surface area contributed by atoms with Gasteiger partial charge in [0.1, 0.15) is 11.5 Å². The number of nitrogens with zero attached hydrogens (tertiary/aromatic N) is 1. The maximum Gasteiger partial charge on any atom is 0.182 e. The molecule has 4 rings (SSSR count). The molecule has 1 aliphatic heterocycles. The van der Waals surface area contributed by atoms with Crippen molar-refractivity contribution in [3.05, 3.63) is 72.8 Å². The van der Waals surface area contributed by atoms with E-state index in [0.717, 1.165) is 29.2 Å². The van der Waals surface area contributed by atoms with Crippen molar-refractivity contribution in [2.75, 3.05) is 13.6 Å². The van der Waals surface area contributed by atoms with Crippen molar-refractivity contribution in [2.24, 2.45) is 0 Å². The molecule has 0 aromatic heterocycles. The highest BCUT2D eigenvalue weighted by Crippen LogP contribution is 2.45. The first-order valence-corrected chi connectivity index (χ1v) is 10.1. The highest BCUT2D eigenvalue weighted by Gasteiger charge is 2.18. The molecule has 0 unspecified atom stereocenters. The number of fused-ring (bicyclic) bond motifs is 5. The molecule has 3 heteroatoms. The zero-order chi connectivity index (χ0) is 20.9. The van der Waals surface area contributed by atoms with E-state index in [1.807, 2.05) is 65.9 Å². The molecule has 0 N–H and O–H groups in total. The Kier molecular flexibility index (Phi) is 10.8. The van der Waals surface area contributed by atoms with Gasteiger partial charge >= 0.3 is 0 Å². The Morgan fingerprint density at radius 2 is 0.929 bits per heavy atom. The summed E-state index contributed by atoms with van der Waals surface area (Å²) in [5.74, 6) is 1.83. The minimum atomic E-state index is 0.917. The molecule has 3 aromatic rings. The first-order valence-electron chi connectivity index (χ1n) is 10.1. The monoisotopic (exact) mass is 373 g/mol. The van der Waals surface area contributed by atoms with Crippen molar-refractivity contribution in [3.8, 4) is 33.8 Å². The van der Waals surface area contributed by atoms with Crippen LogP contribution in [0.4, 0.5) is 0 Å². The molecule has 1 aliphatic rings. The maximum absolute atomic E-state index is 6.08. The summed E-state index contributed by atoms with van der Waals surface area (Å²) in [6.07, 6.45) is 0. The molecule has 0 amide bonds. The molecule has 0 atom stereocenters. The van der Waals surface area contributed by atoms with Gasteiger partial charge in [-0.25, -0.2) is 0 Å². The Hall–Kier alpha value is -2.52. The Bertz CT molecular complexity index is 766. The van der Waals surface area contributed by atoms with Crippen LogP contribution < -0.4 is 4.74 Å². The van der Waals surface area contributed by atoms with Gasteiger partial charge in [0.25, 0.3) is 0 Å². The topological polar surface area (TPSA) is 12.5 Å². The molecule has 2 nitrogen and oxygen atoms in total. The van der Waals surface area contributed by atoms with Crippen LogP contribution in [-0.2, 0) is 0 Å². The van der Waals surface area contributed by atoms with Crippen LogP contribution in [0.25, 0.3) is 22.3 Å². The van der Waals surface area contributed by atoms with E-state index in [0.29, 0.717) is 0 Å². The Morgan fingerprint density at radius 1 is 0.643 bits per heavy atom. The van der Waals surface area contributed by atoms with Crippen molar-refractivity contribution in [3.63, 3.8) is 0 Å². The first-order chi connectivity index (χ1) is 13.7. The first kappa shape index (κ1) is 23.5. The fourth-order valence-electron chi connectivity index (χ4n) is 2.63. The average Bonchev–Trinajstić information content (AvgIpc) is 2.92. The largest absolute Gasteiger partial charge is 0.456 e. The third-order valence-electron chi connectivity index (χ3n) is 4.00. The Morgan fingerprint density at radius 3 is 1.25 bits per heavy atom. The van der Waals surface area contributed by atoms with Gasteiger partial charge in [-0.05, 0) is 36.9 Å². The second kappa shape index (κ2) is 12.8. The third kappa shape index (κ3) is 6.00. The number of para-hydroxylation sites is 2. The van der Waals surface area contributed by atoms with Crippen molar-refractivity contribution in [2.45, 2.75) is 34.6 Å². The van der Waals surface area contributed by atoms with E-state index in [4.69, 9.17) is 12.7 Å². The highest BCUT2D eigenvalue weighted by atomic mass is 16.5. The zero-order valence-corrected chi connectivity index (χ0v) is 18.1. The molecule has 0 spiro atoms. The fraction of sp³-hybridized carbons (Fsp3) is 0.280. The molecule has 3 aromatic carbocycles. The van der Waals surface area contributed by atoms with Gasteiger partial charge < -0.3 is 9.55 Å². The van der Waals surface area contributed by atoms with E-state index >= 15 is 0 Å². The van der Waals surface area contributed by atoms with Gasteiger partial charge in [-0.1, -0.05) is 95.3 Å². The van der Waals surface area contributed by atoms with Gasteiger partial charge in [0, 0.05) is 11.1 Å². The van der Waals surface area contributed by atoms with Crippen LogP contribution in [0.15, 0.2) is 72.8 Å². The molecule has 146 valence electrons. The lowest BCUT2D eigenvalue weighted by molar-refractivity contribution is 0.488. The van der Waals surface area contributed by atoms with Crippen LogP contribution in [0, 0.1) is 0 Å². The smallest absolute Gasteiger partial charge is 0.182 e. The summed E-state index contributed by atoms with van der Waals surface area (Å²) in [5.41, 5.74) is 4.75. The molecule has 28 heavy (non-hydrogen) atoms. The summed E-state index contributed by atoms with van der Waals surface area (Å²) in [6.45, 7) is 10.9. The van der Waals surface area contributed by atoms with Crippen molar-refractivity contribution >= 4 is 7.98 Å². The van der Waals surface area contributed by atoms with Gasteiger partial charge in [-0.2, -0.15) is 0 Å². The van der Waals surface area contributed by atoms with E-state index in [9.17, 15) is 0 Å². The normalized spacial score (nSPS) is 9.96. The Labute approximate surface area is 172 Å². The molecular weight excluding hydrogens is 341 g/mol. The van der Waals surface area contributed by atoms with Crippen LogP contribution in [0.1, 0.15) is 34.6 Å². The SMILES string of the molecule is CC.CC.[B]N(C)CC.c1ccc2c(c1)Oc1ccccc1-c1ccccc1-2. The molecule has 0 saturated carbocycles. The number of benzene rings is 3. The molecule has 0 fully saturated rings. The van der Waals surface area contributed by atoms with Gasteiger partial charge in [-0.15, -0.1) is 0 Å². The number of hydrogen-bond acceptors (Lipinski definition) is 2. The summed E-state index contributed by atoms with van der Waals surface area (Å²) in [7, 11) is 6.96. The van der Waals surface area contributed by atoms with Gasteiger partial charge in [-0.3, -0.25) is 0 Å². The zero-order valence-electron chi connectivity index (χ0n) is 18.1. The average molecular weight is 373 g/mol. The van der Waals surface area contributed by atoms with Gasteiger partial charge in [0.15, 0.2) is 7.98 Å². The fourth-order valence-corrected chi connectivity index (χ4v) is 2.63. The lowest BCUT2D eigenvalue weighted by Crippen LogP contribution is -2.11. The van der Waals surface area contributed by atoms with E-state index in [2.05, 4.69) is 48.5 Å². The minimum absolute atomic E-state index is 0.917. The van der Waals surface area contributed by atoms with Crippen LogP contribution >= 0.6 is 0 Å². The molecular formula is C25H32BNO. The van der Waals surface area contributed by atoms with Crippen LogP contribution in [-0.4, -0.2) is 26.4 Å². The van der Waals surface area contributed by atoms with Crippen LogP contribution in [0.5, 0.6) is 11.5 Å². The van der Waals surface area contributed by atoms with Crippen molar-refractivity contribution in [1.29, 1.82) is 0 Å². The predicted octanol–water partition coefficient (Wildman–Crippen LogP) is 7.20. The highest BCUT2D eigenvalue weighted by molar-refractivity contribution is 6.04. The summed E-state index contributed by atoms with van der Waals surface area (Å²) < 4.78 is 6.08. The summed E-state index contributed by atoms with van der Waals surface area (Å²) >= 11 is 0. The third-order valence-corrected chi connectivity index (χ3v) is 4.00. The number of rotatable bonds is 1. The molecule has 0 bridgehead atoms. The number of hydrogen-bond donors (Lipinski definition) is 0. The predicted molar refractivity (Wildman–Crippen MR) is 124 cm³/mol. The quantitative estimate of drug-likeness (QED) is 0.327. The van der Waals surface area contributed by atoms with Crippen molar-refractivity contribution < 1.29 is 4.74 Å². The standard InChI is InChI=1S/C18H12O.C3H8BN.2C2H6/c1-2-8-14-13(7-1)15-9-3-5-11-17(15)19-18-12-6-4-10-16(14)18;1-3-5(2)4;2*1-2/h1-12H;3H2,1-2H3;2*1-2H3. The van der Waals surface area contributed by atoms with E-state index in [-0.39, 0.29) is 0 Å². The lowest BCUT2D eigenvalue weighted by Gasteiger charge is -2.07. The maximum atomic E-state index is 6.08. The summed E-state index contributed by atoms with van der Waals surface area (Å²) in [4.78, 5) is 1.62. The van der Waals surface area contributed by atoms with Gasteiger partial charge in [0.2, 0.25) is 0 Å². The minimum Gasteiger partial charge on any atom is -0.456 e. The summed E-state index contributed by atoms with van der Waals surface area (Å²) in [5, 5.41) is 0. The lowest BCUT2D eigenvalue weighted by atomic mass is 9.95. The Balaban J connectivity index is 0.000000377. The molecule has 2 radical (unpaired) electrons. The molecule has 0 saturated heterocycles. The molecule has 1 heterocycles. The number of ether oxygens (including phenoxy) is 1. The van der Waals surface area contributed by atoms with Crippen LogP contribution in [0.3, 0.4) is 0 Å². The van der Waals surface area contributed by atoms with E-state index in [1.54, 1.807) is 4.81 Å². The van der Waals surface area contributed by atoms with Crippen molar-refractivity contribution in [1.82, 2.24) is 4.81 Å². The van der Waals surface area contributed by atoms with Gasteiger partial charge in [0.05, 0.1) is 0 Å². The van der Waals surface area contributed by atoms with E-state index < -0.39 is 0 Å². The van der Waals surface area contributed by atoms with Crippen LogP contribution in [0.2, 0.25) is 0 Å². The van der Waals surface area contributed by atoms with E-state index in [1.165, 1.54) is 11.1 Å². The summed E-state index contributed by atoms with van der Waals surface area (Å²) in [6, 6.07) is 24.8. The molecule has 0 aliphatic carbocycles.